The first kappa shape index (κ1) is 13.9. The maximum Gasteiger partial charge on any atom is 0.217 e. The van der Waals surface area contributed by atoms with Crippen LogP contribution in [0.3, 0.4) is 0 Å². The van der Waals surface area contributed by atoms with Gasteiger partial charge < -0.3 is 5.73 Å². The molecule has 0 amide bonds. The van der Waals surface area contributed by atoms with Crippen LogP contribution in [0, 0.1) is 5.92 Å². The lowest BCUT2D eigenvalue weighted by atomic mass is 10.1. The molecule has 1 atom stereocenters. The maximum absolute atomic E-state index is 11.7. The largest absolute Gasteiger partial charge is 0.329 e. The van der Waals surface area contributed by atoms with Crippen LogP contribution in [0.15, 0.2) is 0 Å². The van der Waals surface area contributed by atoms with Crippen LogP contribution in [0.25, 0.3) is 0 Å². The van der Waals surface area contributed by atoms with E-state index in [1.807, 2.05) is 0 Å². The molecule has 0 saturated carbocycles. The van der Waals surface area contributed by atoms with E-state index in [-0.39, 0.29) is 6.54 Å². The highest BCUT2D eigenvalue weighted by molar-refractivity contribution is 7.89. The molecule has 2 N–H and O–H groups in total. The van der Waals surface area contributed by atoms with Gasteiger partial charge in [0.15, 0.2) is 0 Å². The zero-order valence-electron chi connectivity index (χ0n) is 9.53. The van der Waals surface area contributed by atoms with E-state index in [2.05, 4.69) is 13.8 Å². The Morgan fingerprint density at radius 2 is 1.79 bits per heavy atom. The Labute approximate surface area is 87.5 Å². The fourth-order valence-corrected chi connectivity index (χ4v) is 2.21. The summed E-state index contributed by atoms with van der Waals surface area (Å²) < 4.78 is 24.8. The minimum atomic E-state index is -3.18. The van der Waals surface area contributed by atoms with E-state index < -0.39 is 15.3 Å². The summed E-state index contributed by atoms with van der Waals surface area (Å²) in [5.41, 5.74) is 5.35. The number of nitrogens with zero attached hydrogens (tertiary/aromatic N) is 1. The predicted molar refractivity (Wildman–Crippen MR) is 59.5 cm³/mol. The van der Waals surface area contributed by atoms with Crippen molar-refractivity contribution in [2.24, 2.45) is 11.7 Å². The molecule has 0 aromatic rings. The van der Waals surface area contributed by atoms with Gasteiger partial charge >= 0.3 is 0 Å². The van der Waals surface area contributed by atoms with Crippen molar-refractivity contribution < 1.29 is 8.42 Å². The molecule has 0 aliphatic heterocycles. The predicted octanol–water partition coefficient (Wildman–Crippen LogP) is 0.641. The highest BCUT2D eigenvalue weighted by Crippen LogP contribution is 2.08. The van der Waals surface area contributed by atoms with Gasteiger partial charge in [0, 0.05) is 20.1 Å². The van der Waals surface area contributed by atoms with Gasteiger partial charge in [-0.1, -0.05) is 13.8 Å². The quantitative estimate of drug-likeness (QED) is 0.717. The van der Waals surface area contributed by atoms with E-state index in [9.17, 15) is 8.42 Å². The van der Waals surface area contributed by atoms with Crippen LogP contribution in [0.5, 0.6) is 0 Å². The topological polar surface area (TPSA) is 63.4 Å². The summed E-state index contributed by atoms with van der Waals surface area (Å²) in [4.78, 5) is 0. The van der Waals surface area contributed by atoms with Crippen molar-refractivity contribution in [3.63, 3.8) is 0 Å². The number of sulfonamides is 1. The molecule has 0 aromatic heterocycles. The fourth-order valence-electron chi connectivity index (χ4n) is 0.996. The van der Waals surface area contributed by atoms with Gasteiger partial charge in [0.05, 0.1) is 5.25 Å². The lowest BCUT2D eigenvalue weighted by Gasteiger charge is -2.21. The van der Waals surface area contributed by atoms with E-state index in [0.29, 0.717) is 12.5 Å². The van der Waals surface area contributed by atoms with Gasteiger partial charge in [-0.2, -0.15) is 0 Å². The normalized spacial score (nSPS) is 15.1. The Kier molecular flexibility index (Phi) is 5.63. The summed E-state index contributed by atoms with van der Waals surface area (Å²) in [7, 11) is -1.56. The second-order valence-electron chi connectivity index (χ2n) is 4.10. The zero-order chi connectivity index (χ0) is 11.4. The van der Waals surface area contributed by atoms with Crippen LogP contribution >= 0.6 is 0 Å². The molecule has 0 aliphatic rings. The molecule has 86 valence electrons. The first-order valence-electron chi connectivity index (χ1n) is 4.97. The highest BCUT2D eigenvalue weighted by atomic mass is 32.2. The van der Waals surface area contributed by atoms with Crippen LogP contribution in [0.4, 0.5) is 0 Å². The van der Waals surface area contributed by atoms with Crippen molar-refractivity contribution in [3.8, 4) is 0 Å². The van der Waals surface area contributed by atoms with Crippen molar-refractivity contribution in [3.05, 3.63) is 0 Å². The number of hydrogen-bond acceptors (Lipinski definition) is 3. The van der Waals surface area contributed by atoms with Crippen LogP contribution < -0.4 is 5.73 Å². The van der Waals surface area contributed by atoms with E-state index >= 15 is 0 Å². The summed E-state index contributed by atoms with van der Waals surface area (Å²) >= 11 is 0. The highest BCUT2D eigenvalue weighted by Gasteiger charge is 2.24. The molecule has 4 nitrogen and oxygen atoms in total. The first-order valence-corrected chi connectivity index (χ1v) is 6.48. The molecular formula is C9H22N2O2S. The van der Waals surface area contributed by atoms with Gasteiger partial charge in [-0.15, -0.1) is 0 Å². The molecule has 0 rings (SSSR count). The summed E-state index contributed by atoms with van der Waals surface area (Å²) in [5, 5.41) is -0.486. The number of nitrogens with two attached hydrogens (primary N) is 1. The summed E-state index contributed by atoms with van der Waals surface area (Å²) in [5.74, 6) is 0.515. The van der Waals surface area contributed by atoms with Crippen LogP contribution in [-0.2, 0) is 10.0 Å². The van der Waals surface area contributed by atoms with E-state index in [4.69, 9.17) is 5.73 Å². The molecular weight excluding hydrogens is 200 g/mol. The second kappa shape index (κ2) is 5.68. The molecule has 0 aromatic carbocycles. The third-order valence-corrected chi connectivity index (χ3v) is 4.56. The van der Waals surface area contributed by atoms with E-state index in [1.165, 1.54) is 4.31 Å². The van der Waals surface area contributed by atoms with Crippen molar-refractivity contribution in [1.29, 1.82) is 0 Å². The third kappa shape index (κ3) is 3.94. The zero-order valence-corrected chi connectivity index (χ0v) is 10.3. The van der Waals surface area contributed by atoms with Gasteiger partial charge in [0.1, 0.15) is 0 Å². The molecule has 0 fully saturated rings. The second-order valence-corrected chi connectivity index (χ2v) is 6.55. The SMILES string of the molecule is CC(C)CCN(C)S(=O)(=O)C(C)CN. The minimum Gasteiger partial charge on any atom is -0.329 e. The molecule has 0 bridgehead atoms. The Morgan fingerprint density at radius 1 is 1.29 bits per heavy atom. The van der Waals surface area contributed by atoms with Crippen LogP contribution in [-0.4, -0.2) is 38.1 Å². The first-order chi connectivity index (χ1) is 6.32. The minimum absolute atomic E-state index is 0.175. The standard InChI is InChI=1S/C9H22N2O2S/c1-8(2)5-6-11(4)14(12,13)9(3)7-10/h8-9H,5-7,10H2,1-4H3. The average Bonchev–Trinajstić information content (AvgIpc) is 2.12. The molecule has 0 radical (unpaired) electrons. The smallest absolute Gasteiger partial charge is 0.217 e. The summed E-state index contributed by atoms with van der Waals surface area (Å²) in [6.07, 6.45) is 0.882. The van der Waals surface area contributed by atoms with Crippen molar-refractivity contribution in [1.82, 2.24) is 4.31 Å². The Bertz CT molecular complexity index is 250. The summed E-state index contributed by atoms with van der Waals surface area (Å²) in [6, 6.07) is 0. The van der Waals surface area contributed by atoms with Gasteiger partial charge in [0.2, 0.25) is 10.0 Å². The third-order valence-electron chi connectivity index (χ3n) is 2.30. The molecule has 0 aliphatic carbocycles. The van der Waals surface area contributed by atoms with Gasteiger partial charge in [-0.3, -0.25) is 0 Å². The Morgan fingerprint density at radius 3 is 2.14 bits per heavy atom. The average molecular weight is 222 g/mol. The lowest BCUT2D eigenvalue weighted by molar-refractivity contribution is 0.422. The van der Waals surface area contributed by atoms with Crippen molar-refractivity contribution >= 4 is 10.0 Å². The van der Waals surface area contributed by atoms with Crippen LogP contribution in [0.2, 0.25) is 0 Å². The van der Waals surface area contributed by atoms with Crippen LogP contribution in [0.1, 0.15) is 27.2 Å². The molecule has 0 heterocycles. The molecule has 1 unspecified atom stereocenters. The van der Waals surface area contributed by atoms with Crippen molar-refractivity contribution in [2.45, 2.75) is 32.4 Å². The number of rotatable bonds is 6. The van der Waals surface area contributed by atoms with E-state index in [1.54, 1.807) is 14.0 Å². The molecule has 14 heavy (non-hydrogen) atoms. The monoisotopic (exact) mass is 222 g/mol. The maximum atomic E-state index is 11.7. The molecule has 0 spiro atoms. The fraction of sp³-hybridized carbons (Fsp3) is 1.00. The van der Waals surface area contributed by atoms with E-state index in [0.717, 1.165) is 6.42 Å². The van der Waals surface area contributed by atoms with Crippen molar-refractivity contribution in [2.75, 3.05) is 20.1 Å². The van der Waals surface area contributed by atoms with Gasteiger partial charge in [0.25, 0.3) is 0 Å². The molecule has 5 heteroatoms. The molecule has 0 saturated heterocycles. The lowest BCUT2D eigenvalue weighted by Crippen LogP contribution is -2.39. The number of hydrogen-bond donors (Lipinski definition) is 1. The summed E-state index contributed by atoms with van der Waals surface area (Å²) in [6.45, 7) is 6.54. The Balaban J connectivity index is 4.29. The van der Waals surface area contributed by atoms with Gasteiger partial charge in [-0.05, 0) is 19.3 Å². The Hall–Kier alpha value is -0.130. The van der Waals surface area contributed by atoms with Gasteiger partial charge in [-0.25, -0.2) is 12.7 Å².